The van der Waals surface area contributed by atoms with Crippen molar-refractivity contribution in [3.63, 3.8) is 0 Å². The monoisotopic (exact) mass is 314 g/mol. The molecule has 0 aliphatic heterocycles. The second-order valence-electron chi connectivity index (χ2n) is 4.60. The lowest BCUT2D eigenvalue weighted by Gasteiger charge is -2.12. The first-order chi connectivity index (χ1) is 9.90. The zero-order chi connectivity index (χ0) is 15.9. The molecule has 21 heavy (non-hydrogen) atoms. The van der Waals surface area contributed by atoms with Crippen molar-refractivity contribution in [2.75, 3.05) is 13.2 Å². The minimum Gasteiger partial charge on any atom is -0.493 e. The van der Waals surface area contributed by atoms with E-state index in [-0.39, 0.29) is 16.4 Å². The van der Waals surface area contributed by atoms with Crippen molar-refractivity contribution in [3.8, 4) is 5.75 Å². The number of carbonyl (C=O) groups is 1. The van der Waals surface area contributed by atoms with E-state index in [1.165, 1.54) is 18.2 Å². The predicted octanol–water partition coefficient (Wildman–Crippen LogP) is 1.65. The van der Waals surface area contributed by atoms with Gasteiger partial charge in [-0.05, 0) is 31.5 Å². The summed E-state index contributed by atoms with van der Waals surface area (Å²) < 4.78 is 28.1. The van der Waals surface area contributed by atoms with Crippen molar-refractivity contribution in [2.24, 2.45) is 5.14 Å². The second kappa shape index (κ2) is 7.99. The maximum absolute atomic E-state index is 12.2. The molecule has 0 aromatic heterocycles. The normalized spacial score (nSPS) is 11.2. The van der Waals surface area contributed by atoms with Crippen molar-refractivity contribution in [3.05, 3.63) is 23.8 Å². The van der Waals surface area contributed by atoms with E-state index < -0.39 is 10.0 Å². The molecule has 0 atom stereocenters. The smallest absolute Gasteiger partial charge is 0.255 e. The second-order valence-corrected chi connectivity index (χ2v) is 6.16. The fourth-order valence-corrected chi connectivity index (χ4v) is 2.36. The summed E-state index contributed by atoms with van der Waals surface area (Å²) in [5.74, 6) is -0.0158. The molecule has 7 heteroatoms. The van der Waals surface area contributed by atoms with Crippen LogP contribution in [0, 0.1) is 0 Å². The van der Waals surface area contributed by atoms with Gasteiger partial charge in [-0.25, -0.2) is 13.6 Å². The Morgan fingerprint density at radius 2 is 2.00 bits per heavy atom. The Morgan fingerprint density at radius 1 is 1.29 bits per heavy atom. The van der Waals surface area contributed by atoms with Crippen LogP contribution < -0.4 is 15.2 Å². The van der Waals surface area contributed by atoms with Gasteiger partial charge in [0.15, 0.2) is 0 Å². The Morgan fingerprint density at radius 3 is 2.57 bits per heavy atom. The Kier molecular flexibility index (Phi) is 6.64. The maximum Gasteiger partial charge on any atom is 0.255 e. The summed E-state index contributed by atoms with van der Waals surface area (Å²) in [5.41, 5.74) is 0.180. The highest BCUT2D eigenvalue weighted by molar-refractivity contribution is 7.89. The van der Waals surface area contributed by atoms with E-state index in [1.807, 2.05) is 0 Å². The van der Waals surface area contributed by atoms with Gasteiger partial charge in [-0.1, -0.05) is 19.8 Å². The van der Waals surface area contributed by atoms with Gasteiger partial charge in [0, 0.05) is 6.54 Å². The molecule has 0 aliphatic rings. The highest BCUT2D eigenvalue weighted by Gasteiger charge is 2.17. The van der Waals surface area contributed by atoms with Crippen LogP contribution in [0.5, 0.6) is 5.75 Å². The van der Waals surface area contributed by atoms with Crippen LogP contribution in [0.2, 0.25) is 0 Å². The number of hydrogen-bond donors (Lipinski definition) is 2. The fourth-order valence-electron chi connectivity index (χ4n) is 1.82. The summed E-state index contributed by atoms with van der Waals surface area (Å²) in [6.45, 7) is 4.78. The molecule has 0 unspecified atom stereocenters. The summed E-state index contributed by atoms with van der Waals surface area (Å²) in [6.07, 6.45) is 2.96. The first-order valence-electron chi connectivity index (χ1n) is 6.98. The average molecular weight is 314 g/mol. The Balaban J connectivity index is 2.97. The standard InChI is InChI=1S/C14H22N2O4S/c1-3-5-6-9-16-14(17)12-10-11(21(15,18)19)7-8-13(12)20-4-2/h7-8,10H,3-6,9H2,1-2H3,(H,16,17)(H2,15,18,19). The minimum absolute atomic E-state index is 0.107. The van der Waals surface area contributed by atoms with Gasteiger partial charge in [0.05, 0.1) is 17.1 Å². The van der Waals surface area contributed by atoms with Crippen molar-refractivity contribution >= 4 is 15.9 Å². The number of benzene rings is 1. The molecular weight excluding hydrogens is 292 g/mol. The van der Waals surface area contributed by atoms with E-state index in [0.29, 0.717) is 18.9 Å². The van der Waals surface area contributed by atoms with Gasteiger partial charge in [-0.3, -0.25) is 4.79 Å². The molecule has 1 aromatic carbocycles. The van der Waals surface area contributed by atoms with Crippen molar-refractivity contribution in [1.29, 1.82) is 0 Å². The van der Waals surface area contributed by atoms with Crippen LogP contribution in [0.4, 0.5) is 0 Å². The lowest BCUT2D eigenvalue weighted by atomic mass is 10.2. The minimum atomic E-state index is -3.86. The number of ether oxygens (including phenoxy) is 1. The third-order valence-electron chi connectivity index (χ3n) is 2.89. The lowest BCUT2D eigenvalue weighted by molar-refractivity contribution is 0.0949. The number of carbonyl (C=O) groups excluding carboxylic acids is 1. The summed E-state index contributed by atoms with van der Waals surface area (Å²) in [6, 6.07) is 4.02. The van der Waals surface area contributed by atoms with Crippen LogP contribution in [0.25, 0.3) is 0 Å². The van der Waals surface area contributed by atoms with Crippen LogP contribution in [-0.2, 0) is 10.0 Å². The summed E-state index contributed by atoms with van der Waals surface area (Å²) in [5, 5.41) is 7.85. The van der Waals surface area contributed by atoms with Gasteiger partial charge >= 0.3 is 0 Å². The molecule has 0 aliphatic carbocycles. The quantitative estimate of drug-likeness (QED) is 0.713. The molecule has 0 radical (unpaired) electrons. The number of hydrogen-bond acceptors (Lipinski definition) is 4. The molecule has 0 saturated heterocycles. The molecule has 0 fully saturated rings. The predicted molar refractivity (Wildman–Crippen MR) is 80.8 cm³/mol. The fraction of sp³-hybridized carbons (Fsp3) is 0.500. The van der Waals surface area contributed by atoms with E-state index in [1.54, 1.807) is 6.92 Å². The van der Waals surface area contributed by atoms with Crippen LogP contribution in [-0.4, -0.2) is 27.5 Å². The maximum atomic E-state index is 12.2. The third kappa shape index (κ3) is 5.35. The van der Waals surface area contributed by atoms with Gasteiger partial charge in [0.2, 0.25) is 10.0 Å². The zero-order valence-electron chi connectivity index (χ0n) is 12.4. The Labute approximate surface area is 125 Å². The summed E-state index contributed by atoms with van der Waals surface area (Å²) in [7, 11) is -3.86. The molecule has 0 bridgehead atoms. The highest BCUT2D eigenvalue weighted by Crippen LogP contribution is 2.22. The zero-order valence-corrected chi connectivity index (χ0v) is 13.2. The molecule has 0 saturated carbocycles. The van der Waals surface area contributed by atoms with Gasteiger partial charge in [0.1, 0.15) is 5.75 Å². The third-order valence-corrected chi connectivity index (χ3v) is 3.80. The number of amides is 1. The van der Waals surface area contributed by atoms with E-state index in [0.717, 1.165) is 19.3 Å². The highest BCUT2D eigenvalue weighted by atomic mass is 32.2. The Hall–Kier alpha value is -1.60. The number of rotatable bonds is 8. The van der Waals surface area contributed by atoms with Crippen molar-refractivity contribution in [2.45, 2.75) is 38.0 Å². The van der Waals surface area contributed by atoms with Crippen molar-refractivity contribution in [1.82, 2.24) is 5.32 Å². The van der Waals surface area contributed by atoms with Crippen LogP contribution in [0.15, 0.2) is 23.1 Å². The van der Waals surface area contributed by atoms with Crippen LogP contribution >= 0.6 is 0 Å². The largest absolute Gasteiger partial charge is 0.493 e. The topological polar surface area (TPSA) is 98.5 Å². The molecule has 1 amide bonds. The Bertz CT molecular complexity index is 585. The van der Waals surface area contributed by atoms with E-state index in [2.05, 4.69) is 12.2 Å². The molecule has 0 heterocycles. The lowest BCUT2D eigenvalue weighted by Crippen LogP contribution is -2.25. The number of nitrogens with two attached hydrogens (primary N) is 1. The van der Waals surface area contributed by atoms with Crippen molar-refractivity contribution < 1.29 is 17.9 Å². The van der Waals surface area contributed by atoms with Crippen LogP contribution in [0.3, 0.4) is 0 Å². The molecule has 1 rings (SSSR count). The number of primary sulfonamides is 1. The average Bonchev–Trinajstić information content (AvgIpc) is 2.43. The van der Waals surface area contributed by atoms with Gasteiger partial charge in [-0.15, -0.1) is 0 Å². The summed E-state index contributed by atoms with van der Waals surface area (Å²) in [4.78, 5) is 12.0. The molecular formula is C14H22N2O4S. The van der Waals surface area contributed by atoms with Crippen LogP contribution in [0.1, 0.15) is 43.5 Å². The number of sulfonamides is 1. The van der Waals surface area contributed by atoms with Gasteiger partial charge in [-0.2, -0.15) is 0 Å². The first-order valence-corrected chi connectivity index (χ1v) is 8.52. The van der Waals surface area contributed by atoms with Gasteiger partial charge < -0.3 is 10.1 Å². The molecule has 3 N–H and O–H groups in total. The molecule has 0 spiro atoms. The first kappa shape index (κ1) is 17.5. The molecule has 1 aromatic rings. The van der Waals surface area contributed by atoms with E-state index >= 15 is 0 Å². The van der Waals surface area contributed by atoms with Gasteiger partial charge in [0.25, 0.3) is 5.91 Å². The SMILES string of the molecule is CCCCCNC(=O)c1cc(S(N)(=O)=O)ccc1OCC. The molecule has 118 valence electrons. The molecule has 6 nitrogen and oxygen atoms in total. The van der Waals surface area contributed by atoms with E-state index in [9.17, 15) is 13.2 Å². The van der Waals surface area contributed by atoms with E-state index in [4.69, 9.17) is 9.88 Å². The summed E-state index contributed by atoms with van der Waals surface area (Å²) >= 11 is 0. The number of nitrogens with one attached hydrogen (secondary N) is 1. The number of unbranched alkanes of at least 4 members (excludes halogenated alkanes) is 2.